The van der Waals surface area contributed by atoms with Gasteiger partial charge in [0, 0.05) is 11.8 Å². The largest absolute Gasteiger partial charge is 0.489 e. The average molecular weight is 390 g/mol. The minimum Gasteiger partial charge on any atom is -0.489 e. The lowest BCUT2D eigenvalue weighted by Gasteiger charge is -2.15. The van der Waals surface area contributed by atoms with E-state index in [2.05, 4.69) is 33.6 Å². The van der Waals surface area contributed by atoms with Crippen molar-refractivity contribution in [2.75, 3.05) is 10.6 Å². The molecule has 150 valence electrons. The number of benzene rings is 2. The van der Waals surface area contributed by atoms with Crippen LogP contribution in [-0.2, 0) is 6.42 Å². The van der Waals surface area contributed by atoms with Crippen LogP contribution in [0.2, 0.25) is 0 Å². The zero-order valence-electron chi connectivity index (χ0n) is 17.2. The van der Waals surface area contributed by atoms with Crippen LogP contribution in [0.15, 0.2) is 54.6 Å². The van der Waals surface area contributed by atoms with Gasteiger partial charge in [-0.1, -0.05) is 37.3 Å². The van der Waals surface area contributed by atoms with Crippen LogP contribution in [0.5, 0.6) is 5.75 Å². The van der Waals surface area contributed by atoms with Crippen LogP contribution in [0, 0.1) is 6.92 Å². The third kappa shape index (κ3) is 5.31. The van der Waals surface area contributed by atoms with Crippen LogP contribution >= 0.6 is 0 Å². The predicted molar refractivity (Wildman–Crippen MR) is 116 cm³/mol. The molecule has 0 radical (unpaired) electrons. The van der Waals surface area contributed by atoms with Gasteiger partial charge in [0.1, 0.15) is 23.1 Å². The number of nitrogens with one attached hydrogen (secondary N) is 2. The second kappa shape index (κ2) is 9.19. The number of amides is 1. The number of carbonyl (C=O) groups excluding carboxylic acids is 1. The van der Waals surface area contributed by atoms with Gasteiger partial charge in [-0.3, -0.25) is 4.79 Å². The molecule has 2 N–H and O–H groups in total. The summed E-state index contributed by atoms with van der Waals surface area (Å²) in [7, 11) is 0. The smallest absolute Gasteiger partial charge is 0.274 e. The summed E-state index contributed by atoms with van der Waals surface area (Å²) < 4.78 is 5.77. The first-order valence-corrected chi connectivity index (χ1v) is 9.74. The van der Waals surface area contributed by atoms with Crippen LogP contribution in [0.1, 0.15) is 42.6 Å². The van der Waals surface area contributed by atoms with Gasteiger partial charge in [0.2, 0.25) is 0 Å². The summed E-state index contributed by atoms with van der Waals surface area (Å²) in [6.45, 7) is 7.75. The van der Waals surface area contributed by atoms with E-state index in [0.29, 0.717) is 23.1 Å². The maximum Gasteiger partial charge on any atom is 0.274 e. The van der Waals surface area contributed by atoms with Gasteiger partial charge in [-0.25, -0.2) is 9.97 Å². The number of hydrogen-bond donors (Lipinski definition) is 2. The molecule has 3 rings (SSSR count). The maximum atomic E-state index is 12.8. The Morgan fingerprint density at radius 2 is 1.72 bits per heavy atom. The molecule has 0 aliphatic heterocycles. The Bertz CT molecular complexity index is 1000. The summed E-state index contributed by atoms with van der Waals surface area (Å²) in [6, 6.07) is 17.0. The highest BCUT2D eigenvalue weighted by molar-refractivity contribution is 6.04. The number of aryl methyl sites for hydroxylation is 2. The topological polar surface area (TPSA) is 76.1 Å². The molecule has 0 saturated heterocycles. The van der Waals surface area contributed by atoms with Crippen LogP contribution in [-0.4, -0.2) is 22.0 Å². The molecular formula is C23H26N4O2. The molecule has 3 aromatic rings. The average Bonchev–Trinajstić information content (AvgIpc) is 2.69. The summed E-state index contributed by atoms with van der Waals surface area (Å²) in [6.07, 6.45) is 0.900. The third-order valence-electron chi connectivity index (χ3n) is 4.23. The van der Waals surface area contributed by atoms with E-state index < -0.39 is 0 Å². The van der Waals surface area contributed by atoms with Crippen LogP contribution in [0.4, 0.5) is 17.2 Å². The highest BCUT2D eigenvalue weighted by atomic mass is 16.5. The summed E-state index contributed by atoms with van der Waals surface area (Å²) >= 11 is 0. The first kappa shape index (κ1) is 20.3. The van der Waals surface area contributed by atoms with E-state index in [-0.39, 0.29) is 17.7 Å². The van der Waals surface area contributed by atoms with Gasteiger partial charge in [-0.2, -0.15) is 0 Å². The SMILES string of the molecule is CCc1ccccc1Nc1cc(C(=O)Nc2ccccc2OC(C)C)nc(C)n1. The maximum absolute atomic E-state index is 12.8. The fourth-order valence-corrected chi connectivity index (χ4v) is 2.95. The van der Waals surface area contributed by atoms with Crippen molar-refractivity contribution in [2.24, 2.45) is 0 Å². The van der Waals surface area contributed by atoms with Gasteiger partial charge in [-0.15, -0.1) is 0 Å². The Morgan fingerprint density at radius 3 is 2.45 bits per heavy atom. The van der Waals surface area contributed by atoms with E-state index >= 15 is 0 Å². The number of hydrogen-bond acceptors (Lipinski definition) is 5. The minimum absolute atomic E-state index is 0.00350. The monoisotopic (exact) mass is 390 g/mol. The molecule has 0 bridgehead atoms. The van der Waals surface area contributed by atoms with Gasteiger partial charge in [0.25, 0.3) is 5.91 Å². The van der Waals surface area contributed by atoms with Crippen molar-refractivity contribution in [3.8, 4) is 5.75 Å². The van der Waals surface area contributed by atoms with Crippen molar-refractivity contribution in [1.82, 2.24) is 9.97 Å². The van der Waals surface area contributed by atoms with Crippen molar-refractivity contribution >= 4 is 23.1 Å². The second-order valence-electron chi connectivity index (χ2n) is 6.94. The Kier molecular flexibility index (Phi) is 6.44. The van der Waals surface area contributed by atoms with E-state index in [0.717, 1.165) is 12.1 Å². The molecule has 29 heavy (non-hydrogen) atoms. The number of para-hydroxylation sites is 3. The van der Waals surface area contributed by atoms with E-state index in [9.17, 15) is 4.79 Å². The molecule has 6 nitrogen and oxygen atoms in total. The molecular weight excluding hydrogens is 364 g/mol. The predicted octanol–water partition coefficient (Wildman–Crippen LogP) is 5.13. The van der Waals surface area contributed by atoms with Crippen LogP contribution in [0.25, 0.3) is 0 Å². The summed E-state index contributed by atoms with van der Waals surface area (Å²) in [5.74, 6) is 1.40. The number of anilines is 3. The van der Waals surface area contributed by atoms with Crippen LogP contribution in [0.3, 0.4) is 0 Å². The van der Waals surface area contributed by atoms with Gasteiger partial charge in [0.05, 0.1) is 11.8 Å². The lowest BCUT2D eigenvalue weighted by Crippen LogP contribution is -2.17. The second-order valence-corrected chi connectivity index (χ2v) is 6.94. The number of ether oxygens (including phenoxy) is 1. The molecule has 0 unspecified atom stereocenters. The number of carbonyl (C=O) groups is 1. The fraction of sp³-hybridized carbons (Fsp3) is 0.261. The molecule has 0 fully saturated rings. The van der Waals surface area contributed by atoms with Gasteiger partial charge in [-0.05, 0) is 51.0 Å². The first-order valence-electron chi connectivity index (χ1n) is 9.74. The van der Waals surface area contributed by atoms with E-state index in [4.69, 9.17) is 4.74 Å². The fourth-order valence-electron chi connectivity index (χ4n) is 2.95. The Balaban J connectivity index is 1.84. The molecule has 2 aromatic carbocycles. The summed E-state index contributed by atoms with van der Waals surface area (Å²) in [5, 5.41) is 6.20. The molecule has 1 aromatic heterocycles. The lowest BCUT2D eigenvalue weighted by molar-refractivity contribution is 0.102. The third-order valence-corrected chi connectivity index (χ3v) is 4.23. The minimum atomic E-state index is -0.317. The highest BCUT2D eigenvalue weighted by Gasteiger charge is 2.14. The Morgan fingerprint density at radius 1 is 1.03 bits per heavy atom. The van der Waals surface area contributed by atoms with Gasteiger partial charge in [0.15, 0.2) is 0 Å². The van der Waals surface area contributed by atoms with Crippen molar-refractivity contribution < 1.29 is 9.53 Å². The quantitative estimate of drug-likeness (QED) is 0.585. The normalized spacial score (nSPS) is 10.7. The zero-order chi connectivity index (χ0) is 20.8. The van der Waals surface area contributed by atoms with Gasteiger partial charge < -0.3 is 15.4 Å². The van der Waals surface area contributed by atoms with Crippen LogP contribution < -0.4 is 15.4 Å². The highest BCUT2D eigenvalue weighted by Crippen LogP contribution is 2.26. The molecule has 0 saturated carbocycles. The Labute approximate surface area is 171 Å². The summed E-state index contributed by atoms with van der Waals surface area (Å²) in [4.78, 5) is 21.6. The molecule has 6 heteroatoms. The van der Waals surface area contributed by atoms with Crippen molar-refractivity contribution in [1.29, 1.82) is 0 Å². The van der Waals surface area contributed by atoms with Crippen molar-refractivity contribution in [3.05, 3.63) is 71.7 Å². The number of rotatable bonds is 7. The molecule has 0 atom stereocenters. The molecule has 0 aliphatic carbocycles. The number of nitrogens with zero attached hydrogens (tertiary/aromatic N) is 2. The van der Waals surface area contributed by atoms with E-state index in [1.54, 1.807) is 19.1 Å². The Hall–Kier alpha value is -3.41. The molecule has 0 spiro atoms. The van der Waals surface area contributed by atoms with Crippen molar-refractivity contribution in [3.63, 3.8) is 0 Å². The summed E-state index contributed by atoms with van der Waals surface area (Å²) in [5.41, 5.74) is 3.03. The molecule has 1 amide bonds. The van der Waals surface area contributed by atoms with E-state index in [1.165, 1.54) is 5.56 Å². The van der Waals surface area contributed by atoms with Gasteiger partial charge >= 0.3 is 0 Å². The molecule has 0 aliphatic rings. The standard InChI is InChI=1S/C23H26N4O2/c1-5-17-10-6-7-11-18(17)26-22-14-20(24-16(4)25-22)23(28)27-19-12-8-9-13-21(19)29-15(2)3/h6-15H,5H2,1-4H3,(H,27,28)(H,24,25,26). The number of aromatic nitrogens is 2. The van der Waals surface area contributed by atoms with E-state index in [1.807, 2.05) is 50.2 Å². The lowest BCUT2D eigenvalue weighted by atomic mass is 10.1. The zero-order valence-corrected chi connectivity index (χ0v) is 17.2. The first-order chi connectivity index (χ1) is 14.0. The van der Waals surface area contributed by atoms with Crippen molar-refractivity contribution in [2.45, 2.75) is 40.2 Å². The molecule has 1 heterocycles.